The van der Waals surface area contributed by atoms with Gasteiger partial charge in [-0.2, -0.15) is 0 Å². The lowest BCUT2D eigenvalue weighted by Crippen LogP contribution is -2.31. The maximum absolute atomic E-state index is 11.0. The van der Waals surface area contributed by atoms with Gasteiger partial charge >= 0.3 is 0 Å². The average Bonchev–Trinajstić information content (AvgIpc) is 2.66. The van der Waals surface area contributed by atoms with Gasteiger partial charge in [-0.15, -0.1) is 0 Å². The van der Waals surface area contributed by atoms with Crippen LogP contribution < -0.4 is 10.6 Å². The molecule has 0 fully saturated rings. The van der Waals surface area contributed by atoms with Gasteiger partial charge in [0.05, 0.1) is 18.6 Å². The van der Waals surface area contributed by atoms with Crippen LogP contribution in [0.25, 0.3) is 0 Å². The van der Waals surface area contributed by atoms with Gasteiger partial charge in [0, 0.05) is 26.3 Å². The fraction of sp³-hybridized carbons (Fsp3) is 0.600. The number of nitrogens with one attached hydrogen (secondary N) is 2. The molecule has 0 atom stereocenters. The number of carbonyl (C=O) groups is 1. The van der Waals surface area contributed by atoms with E-state index >= 15 is 0 Å². The Morgan fingerprint density at radius 3 is 3.07 bits per heavy atom. The third-order valence-electron chi connectivity index (χ3n) is 2.13. The first kappa shape index (κ1) is 11.7. The summed E-state index contributed by atoms with van der Waals surface area (Å²) in [5.41, 5.74) is 1.11. The van der Waals surface area contributed by atoms with Gasteiger partial charge in [-0.25, -0.2) is 4.98 Å². The van der Waals surface area contributed by atoms with Crippen LogP contribution in [0.15, 0.2) is 12.5 Å². The molecule has 1 rings (SSSR count). The van der Waals surface area contributed by atoms with E-state index in [1.54, 1.807) is 7.05 Å². The first-order valence-electron chi connectivity index (χ1n) is 5.18. The van der Waals surface area contributed by atoms with E-state index in [9.17, 15) is 4.79 Å². The van der Waals surface area contributed by atoms with Crippen LogP contribution in [-0.4, -0.2) is 29.1 Å². The lowest BCUT2D eigenvalue weighted by atomic mass is 10.4. The van der Waals surface area contributed by atoms with Crippen molar-refractivity contribution in [1.29, 1.82) is 0 Å². The standard InChI is InChI=1S/C10H18N4O/c1-3-4-14-8-13-6-9(14)5-12-7-10(15)11-2/h6,8,12H,3-5,7H2,1-2H3,(H,11,15). The van der Waals surface area contributed by atoms with E-state index in [2.05, 4.69) is 27.1 Å². The van der Waals surface area contributed by atoms with Crippen molar-refractivity contribution in [3.8, 4) is 0 Å². The number of imidazole rings is 1. The second-order valence-electron chi connectivity index (χ2n) is 3.36. The molecule has 15 heavy (non-hydrogen) atoms. The summed E-state index contributed by atoms with van der Waals surface area (Å²) >= 11 is 0. The average molecular weight is 210 g/mol. The molecule has 0 unspecified atom stereocenters. The maximum Gasteiger partial charge on any atom is 0.233 e. The molecule has 0 aliphatic heterocycles. The van der Waals surface area contributed by atoms with Gasteiger partial charge < -0.3 is 15.2 Å². The van der Waals surface area contributed by atoms with Crippen LogP contribution in [0, 0.1) is 0 Å². The van der Waals surface area contributed by atoms with Crippen LogP contribution >= 0.6 is 0 Å². The zero-order chi connectivity index (χ0) is 11.1. The second kappa shape index (κ2) is 6.19. The molecule has 5 nitrogen and oxygen atoms in total. The summed E-state index contributed by atoms with van der Waals surface area (Å²) in [6.45, 7) is 4.11. The van der Waals surface area contributed by atoms with Gasteiger partial charge in [-0.3, -0.25) is 4.79 Å². The number of hydrogen-bond donors (Lipinski definition) is 2. The maximum atomic E-state index is 11.0. The smallest absolute Gasteiger partial charge is 0.233 e. The zero-order valence-corrected chi connectivity index (χ0v) is 9.29. The molecule has 1 aromatic heterocycles. The molecular weight excluding hydrogens is 192 g/mol. The van der Waals surface area contributed by atoms with Crippen LogP contribution in [0.1, 0.15) is 19.0 Å². The topological polar surface area (TPSA) is 59.0 Å². The molecule has 1 amide bonds. The molecule has 0 spiro atoms. The normalized spacial score (nSPS) is 10.3. The summed E-state index contributed by atoms with van der Waals surface area (Å²) in [6.07, 6.45) is 4.73. The van der Waals surface area contributed by atoms with Crippen LogP contribution in [-0.2, 0) is 17.9 Å². The molecule has 0 aliphatic rings. The van der Waals surface area contributed by atoms with Crippen molar-refractivity contribution < 1.29 is 4.79 Å². The largest absolute Gasteiger partial charge is 0.358 e. The summed E-state index contributed by atoms with van der Waals surface area (Å²) in [6, 6.07) is 0. The SMILES string of the molecule is CCCn1cncc1CNCC(=O)NC. The molecule has 84 valence electrons. The third-order valence-corrected chi connectivity index (χ3v) is 2.13. The number of amides is 1. The van der Waals surface area contributed by atoms with Crippen molar-refractivity contribution in [2.75, 3.05) is 13.6 Å². The zero-order valence-electron chi connectivity index (χ0n) is 9.29. The summed E-state index contributed by atoms with van der Waals surface area (Å²) in [7, 11) is 1.63. The number of rotatable bonds is 6. The van der Waals surface area contributed by atoms with E-state index in [0.29, 0.717) is 13.1 Å². The Labute approximate surface area is 89.9 Å². The Bertz CT molecular complexity index is 308. The van der Waals surface area contributed by atoms with Crippen molar-refractivity contribution in [1.82, 2.24) is 20.2 Å². The number of likely N-dealkylation sites (N-methyl/N-ethyl adjacent to an activating group) is 1. The molecule has 0 saturated carbocycles. The fourth-order valence-electron chi connectivity index (χ4n) is 1.33. The number of hydrogen-bond acceptors (Lipinski definition) is 3. The highest BCUT2D eigenvalue weighted by Crippen LogP contribution is 1.99. The quantitative estimate of drug-likeness (QED) is 0.701. The van der Waals surface area contributed by atoms with E-state index < -0.39 is 0 Å². The first-order chi connectivity index (χ1) is 7.27. The Balaban J connectivity index is 2.36. The van der Waals surface area contributed by atoms with E-state index in [1.165, 1.54) is 0 Å². The van der Waals surface area contributed by atoms with E-state index in [-0.39, 0.29) is 5.91 Å². The number of aromatic nitrogens is 2. The highest BCUT2D eigenvalue weighted by atomic mass is 16.1. The first-order valence-corrected chi connectivity index (χ1v) is 5.18. The summed E-state index contributed by atoms with van der Waals surface area (Å²) in [5, 5.41) is 5.63. The molecule has 0 radical (unpaired) electrons. The van der Waals surface area contributed by atoms with Gasteiger partial charge in [0.15, 0.2) is 0 Å². The van der Waals surface area contributed by atoms with E-state index in [4.69, 9.17) is 0 Å². The lowest BCUT2D eigenvalue weighted by molar-refractivity contribution is -0.119. The van der Waals surface area contributed by atoms with Gasteiger partial charge in [0.2, 0.25) is 5.91 Å². The van der Waals surface area contributed by atoms with Crippen LogP contribution in [0.5, 0.6) is 0 Å². The Kier molecular flexibility index (Phi) is 4.83. The predicted octanol–water partition coefficient (Wildman–Crippen LogP) is 0.129. The summed E-state index contributed by atoms with van der Waals surface area (Å²) in [4.78, 5) is 15.0. The number of carbonyl (C=O) groups excluding carboxylic acids is 1. The minimum Gasteiger partial charge on any atom is -0.358 e. The van der Waals surface area contributed by atoms with Crippen LogP contribution in [0.4, 0.5) is 0 Å². The lowest BCUT2D eigenvalue weighted by Gasteiger charge is -2.07. The van der Waals surface area contributed by atoms with Gasteiger partial charge in [0.1, 0.15) is 0 Å². The second-order valence-corrected chi connectivity index (χ2v) is 3.36. The van der Waals surface area contributed by atoms with Crippen molar-refractivity contribution in [3.05, 3.63) is 18.2 Å². The minimum absolute atomic E-state index is 0.00319. The van der Waals surface area contributed by atoms with Gasteiger partial charge in [-0.1, -0.05) is 6.92 Å². The number of aryl methyl sites for hydroxylation is 1. The highest BCUT2D eigenvalue weighted by molar-refractivity contribution is 5.77. The Morgan fingerprint density at radius 1 is 1.60 bits per heavy atom. The van der Waals surface area contributed by atoms with Crippen LogP contribution in [0.2, 0.25) is 0 Å². The molecule has 1 aromatic rings. The molecule has 5 heteroatoms. The minimum atomic E-state index is -0.00319. The molecular formula is C10H18N4O. The van der Waals surface area contributed by atoms with Gasteiger partial charge in [0.25, 0.3) is 0 Å². The predicted molar refractivity (Wildman–Crippen MR) is 58.3 cm³/mol. The fourth-order valence-corrected chi connectivity index (χ4v) is 1.33. The molecule has 0 aliphatic carbocycles. The third kappa shape index (κ3) is 3.71. The molecule has 2 N–H and O–H groups in total. The molecule has 1 heterocycles. The summed E-state index contributed by atoms with van der Waals surface area (Å²) < 4.78 is 2.09. The van der Waals surface area contributed by atoms with Crippen molar-refractivity contribution in [2.45, 2.75) is 26.4 Å². The van der Waals surface area contributed by atoms with Crippen molar-refractivity contribution in [2.24, 2.45) is 0 Å². The monoisotopic (exact) mass is 210 g/mol. The number of nitrogens with zero attached hydrogens (tertiary/aromatic N) is 2. The van der Waals surface area contributed by atoms with Crippen LogP contribution in [0.3, 0.4) is 0 Å². The van der Waals surface area contributed by atoms with E-state index in [1.807, 2.05) is 12.5 Å². The highest BCUT2D eigenvalue weighted by Gasteiger charge is 2.01. The molecule has 0 bridgehead atoms. The summed E-state index contributed by atoms with van der Waals surface area (Å²) in [5.74, 6) is -0.00319. The van der Waals surface area contributed by atoms with Crippen molar-refractivity contribution in [3.63, 3.8) is 0 Å². The molecule has 0 saturated heterocycles. The van der Waals surface area contributed by atoms with Crippen molar-refractivity contribution >= 4 is 5.91 Å². The van der Waals surface area contributed by atoms with E-state index in [0.717, 1.165) is 18.7 Å². The Hall–Kier alpha value is -1.36. The van der Waals surface area contributed by atoms with Gasteiger partial charge in [-0.05, 0) is 6.42 Å². The Morgan fingerprint density at radius 2 is 2.40 bits per heavy atom. The molecule has 0 aromatic carbocycles.